The highest BCUT2D eigenvalue weighted by Gasteiger charge is 2.14. The molecule has 1 aliphatic rings. The maximum Gasteiger partial charge on any atom is 0.124 e. The van der Waals surface area contributed by atoms with Gasteiger partial charge in [0.1, 0.15) is 5.01 Å². The zero-order chi connectivity index (χ0) is 33.0. The number of aryl methyl sites for hydroxylation is 1. The third-order valence-corrected chi connectivity index (χ3v) is 9.98. The van der Waals surface area contributed by atoms with Crippen LogP contribution in [0.4, 0.5) is 11.4 Å². The standard InChI is InChI=1S/C45H33N3S/c1-2-33(45-46-43-22-8-9-23-44(43)49-45)17-13-29-48(38-26-24-34(25-27-38)37-31-39-18-10-11-28-47(39)32-37)40-19-12-16-36(30-40)42-21-7-6-20-41(42)35-14-4-3-5-15-35/h2-5,7-8,10-19,21-22,24-32H,1,9,23H2/b29-13+,33-17+. The van der Waals surface area contributed by atoms with Gasteiger partial charge in [-0.05, 0) is 102 Å². The van der Waals surface area contributed by atoms with Gasteiger partial charge in [0.05, 0.1) is 5.69 Å². The topological polar surface area (TPSA) is 20.5 Å². The number of rotatable bonds is 9. The number of fused-ring (bicyclic) bond motifs is 2. The molecule has 0 saturated heterocycles. The van der Waals surface area contributed by atoms with Crippen molar-refractivity contribution in [2.24, 2.45) is 0 Å². The molecule has 234 valence electrons. The van der Waals surface area contributed by atoms with Crippen LogP contribution in [-0.4, -0.2) is 9.38 Å². The fraction of sp³-hybridized carbons (Fsp3) is 0.0444. The molecular formula is C45H33N3S. The molecule has 3 heterocycles. The van der Waals surface area contributed by atoms with Crippen LogP contribution in [0, 0.1) is 12.1 Å². The Balaban J connectivity index is 1.18. The van der Waals surface area contributed by atoms with Gasteiger partial charge in [0, 0.05) is 57.1 Å². The van der Waals surface area contributed by atoms with Gasteiger partial charge in [0.2, 0.25) is 0 Å². The fourth-order valence-corrected chi connectivity index (χ4v) is 7.38. The van der Waals surface area contributed by atoms with E-state index in [0.717, 1.165) is 62.7 Å². The summed E-state index contributed by atoms with van der Waals surface area (Å²) in [7, 11) is 0. The van der Waals surface area contributed by atoms with Crippen molar-refractivity contribution in [1.29, 1.82) is 0 Å². The molecule has 0 amide bonds. The van der Waals surface area contributed by atoms with Crippen LogP contribution in [0.3, 0.4) is 0 Å². The molecule has 3 aromatic heterocycles. The third-order valence-electron chi connectivity index (χ3n) is 8.80. The summed E-state index contributed by atoms with van der Waals surface area (Å²) in [4.78, 5) is 8.48. The van der Waals surface area contributed by atoms with Crippen LogP contribution in [0.2, 0.25) is 0 Å². The van der Waals surface area contributed by atoms with Crippen LogP contribution in [0.5, 0.6) is 0 Å². The number of aromatic nitrogens is 2. The first kappa shape index (κ1) is 30.2. The maximum atomic E-state index is 4.91. The van der Waals surface area contributed by atoms with Gasteiger partial charge in [-0.2, -0.15) is 0 Å². The molecule has 4 aromatic carbocycles. The number of anilines is 2. The molecule has 0 atom stereocenters. The largest absolute Gasteiger partial charge is 0.323 e. The highest BCUT2D eigenvalue weighted by atomic mass is 32.1. The van der Waals surface area contributed by atoms with Gasteiger partial charge in [-0.3, -0.25) is 0 Å². The summed E-state index contributed by atoms with van der Waals surface area (Å²) in [5.41, 5.74) is 12.1. The lowest BCUT2D eigenvalue weighted by Gasteiger charge is -2.22. The Morgan fingerprint density at radius 3 is 2.53 bits per heavy atom. The van der Waals surface area contributed by atoms with E-state index in [2.05, 4.69) is 174 Å². The molecular weight excluding hydrogens is 615 g/mol. The Morgan fingerprint density at radius 2 is 1.69 bits per heavy atom. The highest BCUT2D eigenvalue weighted by molar-refractivity contribution is 7.13. The molecule has 7 aromatic rings. The zero-order valence-corrected chi connectivity index (χ0v) is 27.8. The monoisotopic (exact) mass is 647 g/mol. The maximum absolute atomic E-state index is 4.91. The quantitative estimate of drug-likeness (QED) is 0.145. The molecule has 0 spiro atoms. The molecule has 1 aliphatic carbocycles. The number of thiazole rings is 1. The van der Waals surface area contributed by atoms with Crippen molar-refractivity contribution in [1.82, 2.24) is 9.38 Å². The van der Waals surface area contributed by atoms with E-state index in [0.29, 0.717) is 0 Å². The molecule has 0 saturated carbocycles. The van der Waals surface area contributed by atoms with Crippen LogP contribution < -0.4 is 4.90 Å². The SMILES string of the molecule is C=C/C(=C\C=C\N(c1ccc(-c2cc3ccccn3c2)cc1)c1cccc(-c2ccc#cc2-c2ccccc2)c1)c1nc2c(s1)CCC=C2. The number of nitrogens with zero attached hydrogens (tertiary/aromatic N) is 3. The fourth-order valence-electron chi connectivity index (χ4n) is 6.30. The Labute approximate surface area is 291 Å². The Kier molecular flexibility index (Phi) is 8.34. The first-order valence-corrected chi connectivity index (χ1v) is 17.3. The van der Waals surface area contributed by atoms with Crippen molar-refractivity contribution in [2.45, 2.75) is 12.8 Å². The first-order chi connectivity index (χ1) is 24.2. The van der Waals surface area contributed by atoms with Crippen molar-refractivity contribution >= 4 is 39.9 Å². The number of allylic oxidation sites excluding steroid dienone is 5. The average Bonchev–Trinajstić information content (AvgIpc) is 3.80. The van der Waals surface area contributed by atoms with Gasteiger partial charge in [-0.25, -0.2) is 4.98 Å². The number of hydrogen-bond acceptors (Lipinski definition) is 3. The van der Waals surface area contributed by atoms with Crippen LogP contribution in [-0.2, 0) is 6.42 Å². The lowest BCUT2D eigenvalue weighted by molar-refractivity contribution is 1.00. The van der Waals surface area contributed by atoms with Gasteiger partial charge in [-0.15, -0.1) is 11.3 Å². The average molecular weight is 648 g/mol. The van der Waals surface area contributed by atoms with Crippen LogP contribution >= 0.6 is 11.3 Å². The Hall–Kier alpha value is -6.15. The second-order valence-electron chi connectivity index (χ2n) is 11.9. The van der Waals surface area contributed by atoms with Crippen LogP contribution in [0.15, 0.2) is 165 Å². The van der Waals surface area contributed by atoms with Gasteiger partial charge in [0.15, 0.2) is 0 Å². The van der Waals surface area contributed by atoms with Crippen LogP contribution in [0.1, 0.15) is 22.0 Å². The zero-order valence-electron chi connectivity index (χ0n) is 27.0. The van der Waals surface area contributed by atoms with E-state index in [1.165, 1.54) is 21.5 Å². The van der Waals surface area contributed by atoms with E-state index in [1.807, 2.05) is 18.2 Å². The van der Waals surface area contributed by atoms with Crippen molar-refractivity contribution in [3.05, 3.63) is 192 Å². The number of hydrogen-bond donors (Lipinski definition) is 0. The van der Waals surface area contributed by atoms with E-state index in [9.17, 15) is 0 Å². The van der Waals surface area contributed by atoms with Crippen molar-refractivity contribution in [3.8, 4) is 33.4 Å². The molecule has 3 nitrogen and oxygen atoms in total. The Bertz CT molecular complexity index is 2320. The summed E-state index contributed by atoms with van der Waals surface area (Å²) in [5.74, 6) is 0. The molecule has 49 heavy (non-hydrogen) atoms. The highest BCUT2D eigenvalue weighted by Crippen LogP contribution is 2.36. The summed E-state index contributed by atoms with van der Waals surface area (Å²) in [6.07, 6.45) is 18.9. The van der Waals surface area contributed by atoms with E-state index < -0.39 is 0 Å². The second kappa shape index (κ2) is 13.5. The van der Waals surface area contributed by atoms with Gasteiger partial charge < -0.3 is 9.30 Å². The first-order valence-electron chi connectivity index (χ1n) is 16.5. The third kappa shape index (κ3) is 6.28. The predicted octanol–water partition coefficient (Wildman–Crippen LogP) is 11.9. The minimum Gasteiger partial charge on any atom is -0.323 e. The summed E-state index contributed by atoms with van der Waals surface area (Å²) in [6.45, 7) is 4.12. The molecule has 8 rings (SSSR count). The van der Waals surface area contributed by atoms with Crippen molar-refractivity contribution in [3.63, 3.8) is 0 Å². The summed E-state index contributed by atoms with van der Waals surface area (Å²) >= 11 is 1.76. The minimum atomic E-state index is 1.000. The van der Waals surface area contributed by atoms with Gasteiger partial charge in [-0.1, -0.05) is 97.6 Å². The normalized spacial score (nSPS) is 12.6. The number of benzene rings is 3. The molecule has 0 bridgehead atoms. The van der Waals surface area contributed by atoms with E-state index in [1.54, 1.807) is 11.3 Å². The lowest BCUT2D eigenvalue weighted by Crippen LogP contribution is -2.08. The summed E-state index contributed by atoms with van der Waals surface area (Å²) in [6, 6.07) is 46.9. The summed E-state index contributed by atoms with van der Waals surface area (Å²) < 4.78 is 2.16. The molecule has 0 fully saturated rings. The lowest BCUT2D eigenvalue weighted by atomic mass is 9.95. The Morgan fingerprint density at radius 1 is 0.837 bits per heavy atom. The van der Waals surface area contributed by atoms with E-state index >= 15 is 0 Å². The van der Waals surface area contributed by atoms with Crippen molar-refractivity contribution in [2.75, 3.05) is 4.90 Å². The summed E-state index contributed by atoms with van der Waals surface area (Å²) in [5, 5.41) is 1.000. The van der Waals surface area contributed by atoms with Gasteiger partial charge >= 0.3 is 0 Å². The predicted molar refractivity (Wildman–Crippen MR) is 207 cm³/mol. The molecule has 0 unspecified atom stereocenters. The van der Waals surface area contributed by atoms with Gasteiger partial charge in [0.25, 0.3) is 0 Å². The van der Waals surface area contributed by atoms with E-state index in [-0.39, 0.29) is 0 Å². The van der Waals surface area contributed by atoms with Crippen LogP contribution in [0.25, 0.3) is 50.5 Å². The number of pyridine rings is 1. The van der Waals surface area contributed by atoms with Crippen molar-refractivity contribution < 1.29 is 0 Å². The second-order valence-corrected chi connectivity index (χ2v) is 13.0. The van der Waals surface area contributed by atoms with E-state index in [4.69, 9.17) is 4.98 Å². The molecule has 0 aliphatic heterocycles. The molecule has 0 N–H and O–H groups in total. The molecule has 4 heteroatoms. The molecule has 0 radical (unpaired) electrons. The smallest absolute Gasteiger partial charge is 0.124 e. The minimum absolute atomic E-state index is 1.000.